The van der Waals surface area contributed by atoms with Crippen LogP contribution in [0, 0.1) is 5.82 Å². The molecule has 0 saturated carbocycles. The molecule has 0 unspecified atom stereocenters. The van der Waals surface area contributed by atoms with Gasteiger partial charge in [-0.15, -0.1) is 0 Å². The van der Waals surface area contributed by atoms with E-state index in [9.17, 15) is 4.39 Å². The summed E-state index contributed by atoms with van der Waals surface area (Å²) in [7, 11) is 1.62. The molecule has 0 bridgehead atoms. The van der Waals surface area contributed by atoms with Gasteiger partial charge >= 0.3 is 0 Å². The summed E-state index contributed by atoms with van der Waals surface area (Å²) in [5, 5.41) is 1.01. The van der Waals surface area contributed by atoms with Gasteiger partial charge in [-0.1, -0.05) is 0 Å². The molecule has 5 rings (SSSR count). The number of aromatic nitrogens is 2. The van der Waals surface area contributed by atoms with Crippen LogP contribution in [-0.2, 0) is 4.74 Å². The maximum absolute atomic E-state index is 14.0. The number of methoxy groups -OCH3 is 1. The molecular weight excluding hydrogens is 407 g/mol. The second-order valence-electron chi connectivity index (χ2n) is 8.76. The molecule has 1 N–H and O–H groups in total. The van der Waals surface area contributed by atoms with Crippen LogP contribution in [0.15, 0.2) is 36.5 Å². The molecule has 6 nitrogen and oxygen atoms in total. The third-order valence-corrected chi connectivity index (χ3v) is 6.87. The van der Waals surface area contributed by atoms with E-state index >= 15 is 0 Å². The number of likely N-dealkylation sites (tertiary alicyclic amines) is 1. The Morgan fingerprint density at radius 3 is 2.53 bits per heavy atom. The molecule has 1 aromatic carbocycles. The number of hydrogen-bond donors (Lipinski definition) is 1. The highest BCUT2D eigenvalue weighted by molar-refractivity contribution is 5.95. The maximum atomic E-state index is 14.0. The number of halogens is 1. The van der Waals surface area contributed by atoms with Crippen LogP contribution in [0.1, 0.15) is 24.5 Å². The number of benzene rings is 1. The molecule has 0 atom stereocenters. The van der Waals surface area contributed by atoms with Crippen LogP contribution < -0.4 is 4.74 Å². The van der Waals surface area contributed by atoms with Crippen LogP contribution in [0.2, 0.25) is 0 Å². The second kappa shape index (κ2) is 9.57. The molecule has 2 saturated heterocycles. The first-order valence-corrected chi connectivity index (χ1v) is 11.6. The third-order valence-electron chi connectivity index (χ3n) is 6.87. The van der Waals surface area contributed by atoms with E-state index < -0.39 is 0 Å². The number of fused-ring (bicyclic) bond motifs is 1. The molecule has 0 spiro atoms. The van der Waals surface area contributed by atoms with Gasteiger partial charge in [0.1, 0.15) is 17.2 Å². The van der Waals surface area contributed by atoms with Crippen molar-refractivity contribution < 1.29 is 13.9 Å². The Kier molecular flexibility index (Phi) is 6.39. The Balaban J connectivity index is 1.29. The number of nitrogens with one attached hydrogen (secondary N) is 1. The fourth-order valence-electron chi connectivity index (χ4n) is 4.97. The molecule has 0 radical (unpaired) electrons. The van der Waals surface area contributed by atoms with Gasteiger partial charge in [-0.3, -0.25) is 4.90 Å². The van der Waals surface area contributed by atoms with Gasteiger partial charge in [-0.05, 0) is 61.8 Å². The van der Waals surface area contributed by atoms with E-state index in [4.69, 9.17) is 9.47 Å². The zero-order valence-corrected chi connectivity index (χ0v) is 18.6. The van der Waals surface area contributed by atoms with Gasteiger partial charge in [0.05, 0.1) is 20.3 Å². The van der Waals surface area contributed by atoms with Gasteiger partial charge in [-0.2, -0.15) is 0 Å². The zero-order chi connectivity index (χ0) is 21.9. The fraction of sp³-hybridized carbons (Fsp3) is 0.480. The van der Waals surface area contributed by atoms with Crippen molar-refractivity contribution in [2.45, 2.75) is 18.8 Å². The molecule has 4 heterocycles. The van der Waals surface area contributed by atoms with E-state index in [1.807, 2.05) is 6.07 Å². The number of ether oxygens (including phenoxy) is 2. The molecule has 0 amide bonds. The number of pyridine rings is 1. The first kappa shape index (κ1) is 21.4. The SMILES string of the molecule is COc1ccc(F)cc1-c1ccnc2[nH]c(C3CCN(CCN4CCOCC4)CC3)cc12. The van der Waals surface area contributed by atoms with Gasteiger partial charge in [-0.25, -0.2) is 9.37 Å². The largest absolute Gasteiger partial charge is 0.496 e. The summed E-state index contributed by atoms with van der Waals surface area (Å²) in [4.78, 5) is 13.2. The molecule has 170 valence electrons. The first-order chi connectivity index (χ1) is 15.7. The standard InChI is InChI=1S/C25H31FN4O2/c1-31-24-3-2-19(26)16-21(24)20-4-7-27-25-22(20)17-23(28-25)18-5-8-29(9-6-18)10-11-30-12-14-32-15-13-30/h2-4,7,16-18H,5-6,8-15H2,1H3,(H,27,28). The van der Waals surface area contributed by atoms with Crippen molar-refractivity contribution in [2.75, 3.05) is 59.6 Å². The number of nitrogens with zero attached hydrogens (tertiary/aromatic N) is 3. The van der Waals surface area contributed by atoms with Crippen LogP contribution >= 0.6 is 0 Å². The summed E-state index contributed by atoms with van der Waals surface area (Å²) >= 11 is 0. The van der Waals surface area contributed by atoms with Crippen LogP contribution in [0.5, 0.6) is 5.75 Å². The lowest BCUT2D eigenvalue weighted by atomic mass is 9.93. The highest BCUT2D eigenvalue weighted by Crippen LogP contribution is 2.37. The van der Waals surface area contributed by atoms with E-state index in [1.165, 1.54) is 17.8 Å². The fourth-order valence-corrected chi connectivity index (χ4v) is 4.97. The van der Waals surface area contributed by atoms with E-state index in [1.54, 1.807) is 19.4 Å². The highest BCUT2D eigenvalue weighted by Gasteiger charge is 2.23. The number of piperidine rings is 1. The van der Waals surface area contributed by atoms with Crippen molar-refractivity contribution in [3.8, 4) is 16.9 Å². The second-order valence-corrected chi connectivity index (χ2v) is 8.76. The van der Waals surface area contributed by atoms with Crippen molar-refractivity contribution in [3.63, 3.8) is 0 Å². The summed E-state index contributed by atoms with van der Waals surface area (Å²) in [6, 6.07) is 8.78. The van der Waals surface area contributed by atoms with E-state index in [2.05, 4.69) is 25.8 Å². The molecule has 2 aromatic heterocycles. The Bertz CT molecular complexity index is 1060. The van der Waals surface area contributed by atoms with E-state index in [0.29, 0.717) is 11.7 Å². The van der Waals surface area contributed by atoms with Gasteiger partial charge in [0.15, 0.2) is 0 Å². The normalized spacial score (nSPS) is 18.9. The van der Waals surface area contributed by atoms with Crippen LogP contribution in [0.3, 0.4) is 0 Å². The van der Waals surface area contributed by atoms with Gasteiger partial charge in [0, 0.05) is 54.9 Å². The van der Waals surface area contributed by atoms with Crippen LogP contribution in [0.25, 0.3) is 22.2 Å². The smallest absolute Gasteiger partial charge is 0.138 e. The number of rotatable bonds is 6. The minimum atomic E-state index is -0.272. The Morgan fingerprint density at radius 2 is 1.78 bits per heavy atom. The minimum Gasteiger partial charge on any atom is -0.496 e. The minimum absolute atomic E-state index is 0.272. The number of aromatic amines is 1. The van der Waals surface area contributed by atoms with Crippen molar-refractivity contribution in [2.24, 2.45) is 0 Å². The lowest BCUT2D eigenvalue weighted by molar-refractivity contribution is 0.0321. The third kappa shape index (κ3) is 4.51. The predicted octanol–water partition coefficient (Wildman–Crippen LogP) is 3.89. The average Bonchev–Trinajstić information content (AvgIpc) is 3.28. The lowest BCUT2D eigenvalue weighted by Gasteiger charge is -2.34. The molecule has 32 heavy (non-hydrogen) atoms. The molecule has 3 aromatic rings. The Hall–Kier alpha value is -2.48. The summed E-state index contributed by atoms with van der Waals surface area (Å²) in [6.45, 7) is 8.31. The van der Waals surface area contributed by atoms with Crippen LogP contribution in [-0.4, -0.2) is 79.4 Å². The summed E-state index contributed by atoms with van der Waals surface area (Å²) in [6.07, 6.45) is 4.04. The summed E-state index contributed by atoms with van der Waals surface area (Å²) < 4.78 is 24.9. The zero-order valence-electron chi connectivity index (χ0n) is 18.6. The van der Waals surface area contributed by atoms with Crippen molar-refractivity contribution >= 4 is 11.0 Å². The van der Waals surface area contributed by atoms with E-state index in [0.717, 1.165) is 87.5 Å². The quantitative estimate of drug-likeness (QED) is 0.633. The van der Waals surface area contributed by atoms with Crippen molar-refractivity contribution in [1.29, 1.82) is 0 Å². The maximum Gasteiger partial charge on any atom is 0.138 e. The summed E-state index contributed by atoms with van der Waals surface area (Å²) in [5.41, 5.74) is 3.77. The number of hydrogen-bond acceptors (Lipinski definition) is 5. The van der Waals surface area contributed by atoms with Crippen LogP contribution in [0.4, 0.5) is 4.39 Å². The molecule has 2 aliphatic rings. The Morgan fingerprint density at radius 1 is 1.03 bits per heavy atom. The number of morpholine rings is 1. The Labute approximate surface area is 188 Å². The van der Waals surface area contributed by atoms with Crippen molar-refractivity contribution in [1.82, 2.24) is 19.8 Å². The van der Waals surface area contributed by atoms with Gasteiger partial charge in [0.2, 0.25) is 0 Å². The topological polar surface area (TPSA) is 53.6 Å². The number of H-pyrrole nitrogens is 1. The van der Waals surface area contributed by atoms with Gasteiger partial charge < -0.3 is 19.4 Å². The first-order valence-electron chi connectivity index (χ1n) is 11.6. The van der Waals surface area contributed by atoms with Crippen molar-refractivity contribution in [3.05, 3.63) is 48.0 Å². The van der Waals surface area contributed by atoms with Gasteiger partial charge in [0.25, 0.3) is 0 Å². The van der Waals surface area contributed by atoms with E-state index in [-0.39, 0.29) is 5.82 Å². The summed E-state index contributed by atoms with van der Waals surface area (Å²) in [5.74, 6) is 0.882. The monoisotopic (exact) mass is 438 g/mol. The molecule has 2 aliphatic heterocycles. The highest BCUT2D eigenvalue weighted by atomic mass is 19.1. The predicted molar refractivity (Wildman–Crippen MR) is 124 cm³/mol. The molecule has 2 fully saturated rings. The molecular formula is C25H31FN4O2. The molecule has 0 aliphatic carbocycles. The molecule has 7 heteroatoms. The lowest BCUT2D eigenvalue weighted by Crippen LogP contribution is -2.43. The average molecular weight is 439 g/mol.